The molecule has 1 aromatic carbocycles. The summed E-state index contributed by atoms with van der Waals surface area (Å²) in [5.74, 6) is 0.467. The van der Waals surface area contributed by atoms with Crippen LogP contribution in [0.2, 0.25) is 0 Å². The molecule has 0 spiro atoms. The summed E-state index contributed by atoms with van der Waals surface area (Å²) in [5, 5.41) is 11.2. The van der Waals surface area contributed by atoms with Gasteiger partial charge in [-0.15, -0.1) is 11.3 Å². The van der Waals surface area contributed by atoms with E-state index in [1.54, 1.807) is 5.38 Å². The molecule has 0 saturated carbocycles. The highest BCUT2D eigenvalue weighted by molar-refractivity contribution is 9.10. The monoisotopic (exact) mass is 341 g/mol. The minimum Gasteiger partial charge on any atom is -0.481 e. The molecule has 0 unspecified atom stereocenters. The number of benzene rings is 1. The summed E-state index contributed by atoms with van der Waals surface area (Å²) in [5.41, 5.74) is 1.43. The number of carbonyl (C=O) groups is 1. The summed E-state index contributed by atoms with van der Waals surface area (Å²) in [6, 6.07) is 3.73. The van der Waals surface area contributed by atoms with Crippen LogP contribution in [0.4, 0.5) is 0 Å². The lowest BCUT2D eigenvalue weighted by atomic mass is 10.2. The van der Waals surface area contributed by atoms with Gasteiger partial charge in [-0.1, -0.05) is 0 Å². The van der Waals surface area contributed by atoms with Crippen LogP contribution >= 0.6 is 27.3 Å². The Labute approximate surface area is 120 Å². The third-order valence-electron chi connectivity index (χ3n) is 2.56. The molecule has 0 fully saturated rings. The van der Waals surface area contributed by atoms with Gasteiger partial charge in [-0.25, -0.2) is 4.98 Å². The summed E-state index contributed by atoms with van der Waals surface area (Å²) in [6.07, 6.45) is -0.0672. The highest BCUT2D eigenvalue weighted by atomic mass is 79.9. The molecule has 0 saturated heterocycles. The van der Waals surface area contributed by atoms with Gasteiger partial charge in [-0.05, 0) is 28.1 Å². The number of thiazole rings is 1. The molecular formula is C12H8BrNO4S. The highest BCUT2D eigenvalue weighted by Crippen LogP contribution is 2.42. The maximum Gasteiger partial charge on any atom is 0.309 e. The second-order valence-corrected chi connectivity index (χ2v) is 5.62. The summed E-state index contributed by atoms with van der Waals surface area (Å²) in [7, 11) is 0. The summed E-state index contributed by atoms with van der Waals surface area (Å²) < 4.78 is 11.5. The molecular weight excluding hydrogens is 334 g/mol. The number of hydrogen-bond donors (Lipinski definition) is 1. The number of fused-ring (bicyclic) bond motifs is 1. The number of nitrogens with zero attached hydrogens (tertiary/aromatic N) is 1. The molecule has 1 aromatic heterocycles. The van der Waals surface area contributed by atoms with Gasteiger partial charge in [0.2, 0.25) is 6.79 Å². The topological polar surface area (TPSA) is 68.7 Å². The molecule has 1 aliphatic heterocycles. The van der Waals surface area contributed by atoms with Gasteiger partial charge in [0.1, 0.15) is 5.01 Å². The van der Waals surface area contributed by atoms with Gasteiger partial charge in [-0.2, -0.15) is 0 Å². The predicted octanol–water partition coefficient (Wildman–Crippen LogP) is 2.93. The molecule has 1 N–H and O–H groups in total. The minimum absolute atomic E-state index is 0.0672. The SMILES string of the molecule is O=C(O)Cc1csc(-c2cc(Br)c3c(c2)OCO3)n1. The first kappa shape index (κ1) is 12.4. The molecule has 19 heavy (non-hydrogen) atoms. The maximum atomic E-state index is 10.6. The molecule has 98 valence electrons. The maximum absolute atomic E-state index is 10.6. The lowest BCUT2D eigenvalue weighted by Crippen LogP contribution is -1.99. The molecule has 2 heterocycles. The number of halogens is 1. The van der Waals surface area contributed by atoms with Gasteiger partial charge >= 0.3 is 5.97 Å². The molecule has 0 aliphatic carbocycles. The summed E-state index contributed by atoms with van der Waals surface area (Å²) >= 11 is 4.83. The van der Waals surface area contributed by atoms with E-state index in [-0.39, 0.29) is 13.2 Å². The quantitative estimate of drug-likeness (QED) is 0.929. The molecule has 5 nitrogen and oxygen atoms in total. The predicted molar refractivity (Wildman–Crippen MR) is 72.7 cm³/mol. The number of carboxylic acids is 1. The van der Waals surface area contributed by atoms with Crippen LogP contribution in [0.5, 0.6) is 11.5 Å². The van der Waals surface area contributed by atoms with E-state index < -0.39 is 5.97 Å². The van der Waals surface area contributed by atoms with Crippen molar-refractivity contribution in [1.29, 1.82) is 0 Å². The average Bonchev–Trinajstić information content (AvgIpc) is 2.96. The van der Waals surface area contributed by atoms with E-state index in [1.807, 2.05) is 12.1 Å². The van der Waals surface area contributed by atoms with Crippen LogP contribution in [0.1, 0.15) is 5.69 Å². The Morgan fingerprint density at radius 2 is 2.32 bits per heavy atom. The first-order chi connectivity index (χ1) is 9.13. The molecule has 2 aromatic rings. The zero-order valence-electron chi connectivity index (χ0n) is 9.55. The number of hydrogen-bond acceptors (Lipinski definition) is 5. The largest absolute Gasteiger partial charge is 0.481 e. The van der Waals surface area contributed by atoms with E-state index in [0.29, 0.717) is 17.2 Å². The molecule has 0 atom stereocenters. The Hall–Kier alpha value is -1.60. The molecule has 1 aliphatic rings. The van der Waals surface area contributed by atoms with Crippen LogP contribution in [-0.2, 0) is 11.2 Å². The third-order valence-corrected chi connectivity index (χ3v) is 4.09. The average molecular weight is 342 g/mol. The van der Waals surface area contributed by atoms with E-state index in [9.17, 15) is 4.79 Å². The van der Waals surface area contributed by atoms with Crippen molar-refractivity contribution < 1.29 is 19.4 Å². The van der Waals surface area contributed by atoms with E-state index in [4.69, 9.17) is 14.6 Å². The van der Waals surface area contributed by atoms with Crippen molar-refractivity contribution in [3.05, 3.63) is 27.7 Å². The lowest BCUT2D eigenvalue weighted by molar-refractivity contribution is -0.136. The van der Waals surface area contributed by atoms with Crippen molar-refractivity contribution in [1.82, 2.24) is 4.98 Å². The Balaban J connectivity index is 1.96. The van der Waals surface area contributed by atoms with Crippen molar-refractivity contribution in [2.45, 2.75) is 6.42 Å². The summed E-state index contributed by atoms with van der Waals surface area (Å²) in [4.78, 5) is 15.0. The zero-order chi connectivity index (χ0) is 13.4. The van der Waals surface area contributed by atoms with Gasteiger partial charge in [-0.3, -0.25) is 4.79 Å². The van der Waals surface area contributed by atoms with Gasteiger partial charge in [0.05, 0.1) is 16.6 Å². The van der Waals surface area contributed by atoms with Crippen LogP contribution in [0.15, 0.2) is 22.0 Å². The lowest BCUT2D eigenvalue weighted by Gasteiger charge is -2.02. The number of rotatable bonds is 3. The third kappa shape index (κ3) is 2.43. The van der Waals surface area contributed by atoms with Gasteiger partial charge in [0.15, 0.2) is 11.5 Å². The van der Waals surface area contributed by atoms with Crippen LogP contribution < -0.4 is 9.47 Å². The van der Waals surface area contributed by atoms with Crippen LogP contribution in [0, 0.1) is 0 Å². The molecule has 0 amide bonds. The van der Waals surface area contributed by atoms with Crippen molar-refractivity contribution in [3.8, 4) is 22.1 Å². The number of aromatic nitrogens is 1. The van der Waals surface area contributed by atoms with Crippen molar-refractivity contribution >= 4 is 33.2 Å². The van der Waals surface area contributed by atoms with Gasteiger partial charge in [0.25, 0.3) is 0 Å². The molecule has 0 bridgehead atoms. The summed E-state index contributed by atoms with van der Waals surface area (Å²) in [6.45, 7) is 0.208. The zero-order valence-corrected chi connectivity index (χ0v) is 12.0. The first-order valence-electron chi connectivity index (χ1n) is 5.39. The van der Waals surface area contributed by atoms with E-state index in [1.165, 1.54) is 11.3 Å². The number of ether oxygens (including phenoxy) is 2. The fourth-order valence-corrected chi connectivity index (χ4v) is 3.13. The van der Waals surface area contributed by atoms with E-state index in [2.05, 4.69) is 20.9 Å². The van der Waals surface area contributed by atoms with Gasteiger partial charge in [0, 0.05) is 10.9 Å². The second-order valence-electron chi connectivity index (χ2n) is 3.91. The molecule has 7 heteroatoms. The fraction of sp³-hybridized carbons (Fsp3) is 0.167. The minimum atomic E-state index is -0.885. The standard InChI is InChI=1S/C12H8BrNO4S/c13-8-1-6(2-9-11(8)18-5-17-9)12-14-7(4-19-12)3-10(15)16/h1-2,4H,3,5H2,(H,15,16). The Morgan fingerprint density at radius 1 is 1.47 bits per heavy atom. The first-order valence-corrected chi connectivity index (χ1v) is 7.06. The van der Waals surface area contributed by atoms with Gasteiger partial charge < -0.3 is 14.6 Å². The second kappa shape index (κ2) is 4.82. The Kier molecular flexibility index (Phi) is 3.16. The number of aliphatic carboxylic acids is 1. The van der Waals surface area contributed by atoms with Crippen molar-refractivity contribution in [3.63, 3.8) is 0 Å². The van der Waals surface area contributed by atoms with E-state index >= 15 is 0 Å². The fourth-order valence-electron chi connectivity index (χ4n) is 1.77. The van der Waals surface area contributed by atoms with Crippen molar-refractivity contribution in [2.75, 3.05) is 6.79 Å². The van der Waals surface area contributed by atoms with E-state index in [0.717, 1.165) is 15.0 Å². The number of carboxylic acid groups (broad SMARTS) is 1. The van der Waals surface area contributed by atoms with Crippen molar-refractivity contribution in [2.24, 2.45) is 0 Å². The molecule has 3 rings (SSSR count). The smallest absolute Gasteiger partial charge is 0.309 e. The van der Waals surface area contributed by atoms with Crippen LogP contribution in [0.3, 0.4) is 0 Å². The molecule has 0 radical (unpaired) electrons. The normalized spacial score (nSPS) is 12.7. The van der Waals surface area contributed by atoms with Crippen LogP contribution in [0.25, 0.3) is 10.6 Å². The Bertz CT molecular complexity index is 655. The Morgan fingerprint density at radius 3 is 3.11 bits per heavy atom. The van der Waals surface area contributed by atoms with Crippen LogP contribution in [-0.4, -0.2) is 22.9 Å². The highest BCUT2D eigenvalue weighted by Gasteiger charge is 2.19.